The van der Waals surface area contributed by atoms with Gasteiger partial charge in [-0.2, -0.15) is 4.68 Å². The first-order chi connectivity index (χ1) is 11.6. The minimum atomic E-state index is 0.274. The molecule has 1 aromatic carbocycles. The molecule has 0 aliphatic heterocycles. The molecule has 0 amide bonds. The fourth-order valence-electron chi connectivity index (χ4n) is 2.30. The SMILES string of the molecule is C=CCNc1nn(C[NH+](C)[C@H](C)c2nc3ccccc3s2)c(=S)s1. The van der Waals surface area contributed by atoms with Crippen LogP contribution in [-0.4, -0.2) is 28.4 Å². The molecule has 0 aliphatic rings. The Bertz CT molecular complexity index is 861. The van der Waals surface area contributed by atoms with Crippen molar-refractivity contribution in [2.45, 2.75) is 19.6 Å². The van der Waals surface area contributed by atoms with Gasteiger partial charge >= 0.3 is 0 Å². The summed E-state index contributed by atoms with van der Waals surface area (Å²) < 4.78 is 3.88. The summed E-state index contributed by atoms with van der Waals surface area (Å²) in [5.41, 5.74) is 1.07. The van der Waals surface area contributed by atoms with Crippen LogP contribution in [0.1, 0.15) is 18.0 Å². The second-order valence-corrected chi connectivity index (χ2v) is 8.27. The molecule has 126 valence electrons. The number of aromatic nitrogens is 3. The second kappa shape index (κ2) is 7.52. The van der Waals surface area contributed by atoms with Crippen LogP contribution in [-0.2, 0) is 6.67 Å². The topological polar surface area (TPSA) is 47.2 Å². The van der Waals surface area contributed by atoms with E-state index in [1.54, 1.807) is 17.4 Å². The van der Waals surface area contributed by atoms with E-state index in [-0.39, 0.29) is 6.04 Å². The number of thiazole rings is 1. The maximum Gasteiger partial charge on any atom is 0.205 e. The van der Waals surface area contributed by atoms with E-state index in [2.05, 4.69) is 49.2 Å². The van der Waals surface area contributed by atoms with Gasteiger partial charge in [-0.1, -0.05) is 29.5 Å². The monoisotopic (exact) mass is 378 g/mol. The lowest BCUT2D eigenvalue weighted by Crippen LogP contribution is -3.08. The lowest BCUT2D eigenvalue weighted by molar-refractivity contribution is -0.933. The standard InChI is InChI=1S/C16H19N5S3/c1-4-9-17-15-19-21(16(22)24-15)10-20(3)11(2)14-18-12-7-5-6-8-13(12)23-14/h4-8,11H,1,9-10H2,2-3H3,(H,17,19)/p+1/t11-/m1/s1. The third-order valence-electron chi connectivity index (χ3n) is 3.82. The maximum absolute atomic E-state index is 5.42. The molecule has 2 aromatic heterocycles. The molecule has 0 spiro atoms. The highest BCUT2D eigenvalue weighted by molar-refractivity contribution is 7.73. The Labute approximate surface area is 154 Å². The van der Waals surface area contributed by atoms with Gasteiger partial charge in [0.2, 0.25) is 5.13 Å². The smallest absolute Gasteiger partial charge is 0.205 e. The van der Waals surface area contributed by atoms with Gasteiger partial charge < -0.3 is 10.2 Å². The highest BCUT2D eigenvalue weighted by Gasteiger charge is 2.20. The lowest BCUT2D eigenvalue weighted by Gasteiger charge is -2.19. The van der Waals surface area contributed by atoms with E-state index in [1.165, 1.54) is 20.9 Å². The Morgan fingerprint density at radius 1 is 1.42 bits per heavy atom. The Hall–Kier alpha value is -1.61. The molecule has 0 radical (unpaired) electrons. The van der Waals surface area contributed by atoms with Gasteiger partial charge in [0.1, 0.15) is 6.04 Å². The van der Waals surface area contributed by atoms with Crippen molar-refractivity contribution >= 4 is 50.2 Å². The van der Waals surface area contributed by atoms with E-state index >= 15 is 0 Å². The molecule has 0 saturated heterocycles. The van der Waals surface area contributed by atoms with Crippen LogP contribution in [0.4, 0.5) is 5.13 Å². The molecule has 0 aliphatic carbocycles. The first-order valence-electron chi connectivity index (χ1n) is 7.69. The summed E-state index contributed by atoms with van der Waals surface area (Å²) in [6, 6.07) is 8.53. The zero-order valence-corrected chi connectivity index (χ0v) is 16.1. The highest BCUT2D eigenvalue weighted by atomic mass is 32.1. The summed E-state index contributed by atoms with van der Waals surface area (Å²) in [7, 11) is 2.15. The zero-order valence-electron chi connectivity index (χ0n) is 13.7. The fraction of sp³-hybridized carbons (Fsp3) is 0.312. The number of anilines is 1. The van der Waals surface area contributed by atoms with Crippen LogP contribution in [0.3, 0.4) is 0 Å². The molecule has 3 rings (SSSR count). The quantitative estimate of drug-likeness (QED) is 0.490. The molecule has 8 heteroatoms. The van der Waals surface area contributed by atoms with Crippen molar-refractivity contribution in [1.82, 2.24) is 14.8 Å². The van der Waals surface area contributed by atoms with Gasteiger partial charge in [-0.3, -0.25) is 0 Å². The first-order valence-corrected chi connectivity index (χ1v) is 9.73. The van der Waals surface area contributed by atoms with Crippen molar-refractivity contribution in [2.75, 3.05) is 18.9 Å². The predicted molar refractivity (Wildman–Crippen MR) is 105 cm³/mol. The molecule has 3 aromatic rings. The molecule has 0 bridgehead atoms. The molecule has 1 unspecified atom stereocenters. The molecular weight excluding hydrogens is 358 g/mol. The Kier molecular flexibility index (Phi) is 5.40. The summed E-state index contributed by atoms with van der Waals surface area (Å²) in [6.45, 7) is 7.29. The third-order valence-corrected chi connectivity index (χ3v) is 6.31. The van der Waals surface area contributed by atoms with Crippen molar-refractivity contribution in [3.8, 4) is 0 Å². The normalized spacial score (nSPS) is 13.8. The van der Waals surface area contributed by atoms with E-state index in [9.17, 15) is 0 Å². The van der Waals surface area contributed by atoms with Crippen LogP contribution in [0.2, 0.25) is 0 Å². The largest absolute Gasteiger partial charge is 0.357 e. The molecule has 2 heterocycles. The minimum Gasteiger partial charge on any atom is -0.357 e. The van der Waals surface area contributed by atoms with Gasteiger partial charge in [0, 0.05) is 6.54 Å². The van der Waals surface area contributed by atoms with Gasteiger partial charge in [0.15, 0.2) is 15.6 Å². The molecule has 24 heavy (non-hydrogen) atoms. The Morgan fingerprint density at radius 2 is 2.21 bits per heavy atom. The van der Waals surface area contributed by atoms with E-state index in [1.807, 2.05) is 10.7 Å². The van der Waals surface area contributed by atoms with E-state index in [0.29, 0.717) is 13.2 Å². The summed E-state index contributed by atoms with van der Waals surface area (Å²) in [6.07, 6.45) is 1.81. The van der Waals surface area contributed by atoms with Gasteiger partial charge in [0.25, 0.3) is 0 Å². The van der Waals surface area contributed by atoms with Crippen LogP contribution < -0.4 is 10.2 Å². The third kappa shape index (κ3) is 3.72. The lowest BCUT2D eigenvalue weighted by atomic mass is 10.3. The summed E-state index contributed by atoms with van der Waals surface area (Å²) in [5.74, 6) is 0. The van der Waals surface area contributed by atoms with Crippen molar-refractivity contribution in [2.24, 2.45) is 0 Å². The minimum absolute atomic E-state index is 0.274. The van der Waals surface area contributed by atoms with Crippen molar-refractivity contribution in [3.05, 3.63) is 45.9 Å². The number of quaternary nitrogens is 1. The number of para-hydroxylation sites is 1. The highest BCUT2D eigenvalue weighted by Crippen LogP contribution is 2.24. The van der Waals surface area contributed by atoms with Crippen LogP contribution in [0.15, 0.2) is 36.9 Å². The van der Waals surface area contributed by atoms with E-state index in [0.717, 1.165) is 19.6 Å². The Morgan fingerprint density at radius 3 is 2.96 bits per heavy atom. The number of hydrogen-bond acceptors (Lipinski definition) is 6. The zero-order chi connectivity index (χ0) is 17.1. The van der Waals surface area contributed by atoms with E-state index in [4.69, 9.17) is 17.2 Å². The number of nitrogens with one attached hydrogen (secondary N) is 2. The predicted octanol–water partition coefficient (Wildman–Crippen LogP) is 3.12. The first kappa shape index (κ1) is 17.2. The van der Waals surface area contributed by atoms with E-state index < -0.39 is 0 Å². The van der Waals surface area contributed by atoms with Crippen LogP contribution in [0.25, 0.3) is 10.2 Å². The molecule has 2 atom stereocenters. The molecule has 0 saturated carbocycles. The van der Waals surface area contributed by atoms with Gasteiger partial charge in [0.05, 0.1) is 17.3 Å². The molecular formula is C16H20N5S3+. The summed E-state index contributed by atoms with van der Waals surface area (Å²) in [5, 5.41) is 9.70. The fourth-order valence-corrected chi connectivity index (χ4v) is 4.42. The maximum atomic E-state index is 5.42. The number of fused-ring (bicyclic) bond motifs is 1. The van der Waals surface area contributed by atoms with Crippen LogP contribution in [0, 0.1) is 3.95 Å². The van der Waals surface area contributed by atoms with Gasteiger partial charge in [-0.25, -0.2) is 4.98 Å². The Balaban J connectivity index is 1.74. The average molecular weight is 379 g/mol. The number of nitrogens with zero attached hydrogens (tertiary/aromatic N) is 3. The number of rotatable bonds is 7. The van der Waals surface area contributed by atoms with Crippen LogP contribution in [0.5, 0.6) is 0 Å². The number of hydrogen-bond donors (Lipinski definition) is 2. The van der Waals surface area contributed by atoms with Crippen molar-refractivity contribution in [3.63, 3.8) is 0 Å². The average Bonchev–Trinajstić information content (AvgIpc) is 3.16. The van der Waals surface area contributed by atoms with Crippen molar-refractivity contribution in [1.29, 1.82) is 0 Å². The second-order valence-electron chi connectivity index (χ2n) is 5.59. The summed E-state index contributed by atoms with van der Waals surface area (Å²) >= 11 is 8.67. The summed E-state index contributed by atoms with van der Waals surface area (Å²) in [4.78, 5) is 6.06. The van der Waals surface area contributed by atoms with Crippen molar-refractivity contribution < 1.29 is 4.90 Å². The molecule has 2 N–H and O–H groups in total. The molecule has 0 fully saturated rings. The molecule has 5 nitrogen and oxygen atoms in total. The number of benzene rings is 1. The van der Waals surface area contributed by atoms with Gasteiger partial charge in [-0.15, -0.1) is 23.0 Å². The van der Waals surface area contributed by atoms with Crippen LogP contribution >= 0.6 is 34.9 Å². The van der Waals surface area contributed by atoms with Gasteiger partial charge in [-0.05, 0) is 31.3 Å².